The molecule has 1 atom stereocenters. The van der Waals surface area contributed by atoms with E-state index in [2.05, 4.69) is 85.0 Å². The van der Waals surface area contributed by atoms with E-state index in [0.717, 1.165) is 25.4 Å². The van der Waals surface area contributed by atoms with Crippen LogP contribution >= 0.6 is 7.26 Å². The molecule has 0 saturated heterocycles. The number of hydrogen-bond donors (Lipinski definition) is 1. The SMILES string of the molecule is O=C(O)CCCC[P+](c1ccccc1)(c1ccccc1)C1C=CC=CC1. The Balaban J connectivity index is 2.03. The van der Waals surface area contributed by atoms with Crippen molar-refractivity contribution in [3.63, 3.8) is 0 Å². The average Bonchev–Trinajstić information content (AvgIpc) is 2.70. The number of unbranched alkanes of at least 4 members (excludes halogenated alkanes) is 1. The van der Waals surface area contributed by atoms with Gasteiger partial charge in [-0.2, -0.15) is 0 Å². The molecule has 0 fully saturated rings. The van der Waals surface area contributed by atoms with Gasteiger partial charge in [0.15, 0.2) is 0 Å². The Kier molecular flexibility index (Phi) is 6.41. The van der Waals surface area contributed by atoms with Crippen molar-refractivity contribution in [3.05, 3.63) is 85.0 Å². The second-order valence-electron chi connectivity index (χ2n) is 6.73. The van der Waals surface area contributed by atoms with Crippen LogP contribution in [-0.4, -0.2) is 22.9 Å². The first-order valence-corrected chi connectivity index (χ1v) is 11.3. The summed E-state index contributed by atoms with van der Waals surface area (Å²) in [5.41, 5.74) is 0.474. The van der Waals surface area contributed by atoms with E-state index in [4.69, 9.17) is 5.11 Å². The summed E-state index contributed by atoms with van der Waals surface area (Å²) in [6.45, 7) is 0. The predicted molar refractivity (Wildman–Crippen MR) is 112 cm³/mol. The maximum atomic E-state index is 11.0. The summed E-state index contributed by atoms with van der Waals surface area (Å²) < 4.78 is 0. The van der Waals surface area contributed by atoms with Gasteiger partial charge in [0.05, 0.1) is 24.0 Å². The highest BCUT2D eigenvalue weighted by molar-refractivity contribution is 7.90. The quantitative estimate of drug-likeness (QED) is 0.539. The second kappa shape index (κ2) is 8.96. The summed E-state index contributed by atoms with van der Waals surface area (Å²) in [6, 6.07) is 21.7. The van der Waals surface area contributed by atoms with Gasteiger partial charge < -0.3 is 5.11 Å². The van der Waals surface area contributed by atoms with E-state index in [1.807, 2.05) is 0 Å². The van der Waals surface area contributed by atoms with Crippen LogP contribution < -0.4 is 10.6 Å². The minimum Gasteiger partial charge on any atom is -0.481 e. The third-order valence-electron chi connectivity index (χ3n) is 5.11. The molecule has 2 aromatic carbocycles. The van der Waals surface area contributed by atoms with E-state index < -0.39 is 13.2 Å². The molecule has 0 bridgehead atoms. The van der Waals surface area contributed by atoms with Gasteiger partial charge in [-0.25, -0.2) is 0 Å². The summed E-state index contributed by atoms with van der Waals surface area (Å²) in [5.74, 6) is -0.700. The fourth-order valence-corrected chi connectivity index (χ4v) is 8.79. The maximum Gasteiger partial charge on any atom is 0.303 e. The van der Waals surface area contributed by atoms with Crippen molar-refractivity contribution in [1.82, 2.24) is 0 Å². The van der Waals surface area contributed by atoms with Gasteiger partial charge in [-0.05, 0) is 43.2 Å². The van der Waals surface area contributed by atoms with Gasteiger partial charge >= 0.3 is 5.97 Å². The third kappa shape index (κ3) is 4.14. The van der Waals surface area contributed by atoms with Crippen molar-refractivity contribution < 1.29 is 9.90 Å². The fraction of sp³-hybridized carbons (Fsp3) is 0.261. The van der Waals surface area contributed by atoms with Crippen molar-refractivity contribution >= 4 is 23.8 Å². The number of aliphatic carboxylic acids is 1. The second-order valence-corrected chi connectivity index (χ2v) is 10.6. The smallest absolute Gasteiger partial charge is 0.303 e. The van der Waals surface area contributed by atoms with E-state index in [9.17, 15) is 4.79 Å². The van der Waals surface area contributed by atoms with Crippen LogP contribution in [0.15, 0.2) is 85.0 Å². The molecule has 2 aromatic rings. The summed E-state index contributed by atoms with van der Waals surface area (Å²) in [5, 5.41) is 11.9. The summed E-state index contributed by atoms with van der Waals surface area (Å²) in [6.07, 6.45) is 13.0. The highest BCUT2D eigenvalue weighted by Gasteiger charge is 2.48. The predicted octanol–water partition coefficient (Wildman–Crippen LogP) is 4.79. The lowest BCUT2D eigenvalue weighted by atomic mass is 10.2. The zero-order valence-electron chi connectivity index (χ0n) is 15.0. The Morgan fingerprint density at radius 3 is 2.04 bits per heavy atom. The molecule has 1 unspecified atom stereocenters. The zero-order valence-corrected chi connectivity index (χ0v) is 15.9. The van der Waals surface area contributed by atoms with Crippen LogP contribution in [0.3, 0.4) is 0 Å². The normalized spacial score (nSPS) is 16.5. The van der Waals surface area contributed by atoms with E-state index in [1.165, 1.54) is 10.6 Å². The first kappa shape index (κ1) is 18.6. The van der Waals surface area contributed by atoms with Crippen LogP contribution in [-0.2, 0) is 4.79 Å². The Bertz CT molecular complexity index is 726. The van der Waals surface area contributed by atoms with Crippen LogP contribution in [0.25, 0.3) is 0 Å². The maximum absolute atomic E-state index is 11.0. The van der Waals surface area contributed by atoms with Gasteiger partial charge in [0.25, 0.3) is 0 Å². The highest BCUT2D eigenvalue weighted by Crippen LogP contribution is 2.63. The number of rotatable bonds is 8. The van der Waals surface area contributed by atoms with E-state index in [-0.39, 0.29) is 6.42 Å². The van der Waals surface area contributed by atoms with Crippen molar-refractivity contribution in [2.45, 2.75) is 31.3 Å². The van der Waals surface area contributed by atoms with Gasteiger partial charge in [0.2, 0.25) is 0 Å². The number of allylic oxidation sites excluding steroid dienone is 4. The van der Waals surface area contributed by atoms with Gasteiger partial charge in [-0.15, -0.1) is 0 Å². The molecule has 3 heteroatoms. The monoisotopic (exact) mass is 365 g/mol. The van der Waals surface area contributed by atoms with Gasteiger partial charge in [-0.3, -0.25) is 4.79 Å². The van der Waals surface area contributed by atoms with Crippen LogP contribution in [0.4, 0.5) is 0 Å². The van der Waals surface area contributed by atoms with Crippen molar-refractivity contribution in [2.75, 3.05) is 6.16 Å². The largest absolute Gasteiger partial charge is 0.481 e. The molecule has 1 aliphatic carbocycles. The van der Waals surface area contributed by atoms with Crippen molar-refractivity contribution in [2.24, 2.45) is 0 Å². The molecule has 0 amide bonds. The van der Waals surface area contributed by atoms with E-state index >= 15 is 0 Å². The number of benzene rings is 2. The number of carboxylic acids is 1. The van der Waals surface area contributed by atoms with Crippen molar-refractivity contribution in [3.8, 4) is 0 Å². The lowest BCUT2D eigenvalue weighted by Crippen LogP contribution is -2.33. The minimum atomic E-state index is -1.67. The lowest BCUT2D eigenvalue weighted by molar-refractivity contribution is -0.137. The number of carbonyl (C=O) groups is 1. The molecule has 2 nitrogen and oxygen atoms in total. The van der Waals surface area contributed by atoms with E-state index in [1.54, 1.807) is 0 Å². The van der Waals surface area contributed by atoms with Crippen molar-refractivity contribution in [1.29, 1.82) is 0 Å². The molecule has 1 N–H and O–H groups in total. The lowest BCUT2D eigenvalue weighted by Gasteiger charge is -2.34. The first-order chi connectivity index (χ1) is 12.7. The third-order valence-corrected chi connectivity index (χ3v) is 10.1. The molecule has 1 aliphatic rings. The average molecular weight is 365 g/mol. The molecule has 0 heterocycles. The number of hydrogen-bond acceptors (Lipinski definition) is 1. The summed E-state index contributed by atoms with van der Waals surface area (Å²) in [7, 11) is -1.67. The van der Waals surface area contributed by atoms with Crippen LogP contribution in [0.2, 0.25) is 0 Å². The summed E-state index contributed by atoms with van der Waals surface area (Å²) in [4.78, 5) is 11.0. The minimum absolute atomic E-state index is 0.254. The van der Waals surface area contributed by atoms with Gasteiger partial charge in [0.1, 0.15) is 5.66 Å². The Labute approximate surface area is 156 Å². The molecule has 0 spiro atoms. The molecular formula is C23H26O2P+. The Morgan fingerprint density at radius 2 is 1.54 bits per heavy atom. The topological polar surface area (TPSA) is 37.3 Å². The molecule has 0 aromatic heterocycles. The molecule has 3 rings (SSSR count). The Morgan fingerprint density at radius 1 is 0.923 bits per heavy atom. The molecule has 0 saturated carbocycles. The van der Waals surface area contributed by atoms with Gasteiger partial charge in [-0.1, -0.05) is 54.6 Å². The van der Waals surface area contributed by atoms with Gasteiger partial charge in [0, 0.05) is 12.8 Å². The molecule has 0 aliphatic heterocycles. The fourth-order valence-electron chi connectivity index (χ4n) is 3.88. The first-order valence-electron chi connectivity index (χ1n) is 9.27. The highest BCUT2D eigenvalue weighted by atomic mass is 31.2. The van der Waals surface area contributed by atoms with Crippen LogP contribution in [0.5, 0.6) is 0 Å². The standard InChI is InChI=1S/C23H25O2P/c24-23(25)18-10-11-19-26(20-12-4-1-5-13-20,21-14-6-2-7-15-21)22-16-8-3-9-17-22/h1-9,12-16,22H,10-11,17-19H2/p+1. The van der Waals surface area contributed by atoms with Crippen LogP contribution in [0, 0.1) is 0 Å². The Hall–Kier alpha value is -2.18. The number of carboxylic acid groups (broad SMARTS) is 1. The van der Waals surface area contributed by atoms with E-state index in [0.29, 0.717) is 5.66 Å². The van der Waals surface area contributed by atoms with Crippen LogP contribution in [0.1, 0.15) is 25.7 Å². The molecule has 26 heavy (non-hydrogen) atoms. The zero-order chi connectivity index (χ0) is 18.2. The summed E-state index contributed by atoms with van der Waals surface area (Å²) >= 11 is 0. The molecule has 0 radical (unpaired) electrons. The molecular weight excluding hydrogens is 339 g/mol. The molecule has 134 valence electrons.